The number of thioether (sulfide) groups is 1. The number of amides is 1. The number of benzene rings is 1. The van der Waals surface area contributed by atoms with E-state index in [9.17, 15) is 9.90 Å². The lowest BCUT2D eigenvalue weighted by Crippen LogP contribution is -2.38. The number of carbonyl (C=O) groups excluding carboxylic acids is 1. The highest BCUT2D eigenvalue weighted by atomic mass is 32.2. The molecule has 0 aromatic heterocycles. The first-order valence-electron chi connectivity index (χ1n) is 6.37. The van der Waals surface area contributed by atoms with Crippen molar-refractivity contribution in [2.75, 3.05) is 26.3 Å². The molecule has 1 saturated heterocycles. The molecule has 0 aliphatic carbocycles. The first-order chi connectivity index (χ1) is 9.72. The number of hydrogen-bond donors (Lipinski definition) is 1. The highest BCUT2D eigenvalue weighted by Crippen LogP contribution is 2.30. The van der Waals surface area contributed by atoms with Gasteiger partial charge in [0.2, 0.25) is 0 Å². The average molecular weight is 290 g/mol. The second kappa shape index (κ2) is 5.68. The molecule has 1 fully saturated rings. The van der Waals surface area contributed by atoms with Gasteiger partial charge in [-0.05, 0) is 35.5 Å². The SMILES string of the molecule is O=C1N=C(N2CCOCC2)SC1=Cc1ccc(O)cc1. The van der Waals surface area contributed by atoms with Gasteiger partial charge in [0.15, 0.2) is 5.17 Å². The van der Waals surface area contributed by atoms with E-state index in [1.807, 2.05) is 0 Å². The number of carbonyl (C=O) groups is 1. The Morgan fingerprint density at radius 2 is 1.95 bits per heavy atom. The molecule has 1 N–H and O–H groups in total. The van der Waals surface area contributed by atoms with E-state index in [4.69, 9.17) is 4.74 Å². The summed E-state index contributed by atoms with van der Waals surface area (Å²) in [6, 6.07) is 6.73. The van der Waals surface area contributed by atoms with Crippen LogP contribution in [0.4, 0.5) is 0 Å². The van der Waals surface area contributed by atoms with Crippen LogP contribution < -0.4 is 0 Å². The van der Waals surface area contributed by atoms with Crippen molar-refractivity contribution >= 4 is 28.9 Å². The van der Waals surface area contributed by atoms with Crippen molar-refractivity contribution < 1.29 is 14.6 Å². The molecule has 0 atom stereocenters. The van der Waals surface area contributed by atoms with Gasteiger partial charge in [-0.1, -0.05) is 12.1 Å². The summed E-state index contributed by atoms with van der Waals surface area (Å²) in [5.74, 6) is 0.00683. The number of phenolic OH excluding ortho intramolecular Hbond substituents is 1. The Bertz CT molecular complexity index is 575. The van der Waals surface area contributed by atoms with Gasteiger partial charge in [-0.3, -0.25) is 4.79 Å². The summed E-state index contributed by atoms with van der Waals surface area (Å²) in [6.45, 7) is 2.88. The molecule has 6 heteroatoms. The number of ether oxygens (including phenoxy) is 1. The minimum atomic E-state index is -0.204. The molecule has 0 spiro atoms. The van der Waals surface area contributed by atoms with Gasteiger partial charge in [0.05, 0.1) is 18.1 Å². The van der Waals surface area contributed by atoms with Gasteiger partial charge in [-0.2, -0.15) is 4.99 Å². The molecule has 1 aromatic carbocycles. The van der Waals surface area contributed by atoms with Crippen molar-refractivity contribution in [3.8, 4) is 5.75 Å². The third-order valence-corrected chi connectivity index (χ3v) is 4.13. The third kappa shape index (κ3) is 2.86. The molecule has 2 aliphatic rings. The summed E-state index contributed by atoms with van der Waals surface area (Å²) in [7, 11) is 0. The topological polar surface area (TPSA) is 62.1 Å². The van der Waals surface area contributed by atoms with E-state index < -0.39 is 0 Å². The zero-order valence-corrected chi connectivity index (χ0v) is 11.6. The molecule has 20 heavy (non-hydrogen) atoms. The van der Waals surface area contributed by atoms with Crippen LogP contribution in [0.25, 0.3) is 6.08 Å². The largest absolute Gasteiger partial charge is 0.508 e. The zero-order chi connectivity index (χ0) is 13.9. The van der Waals surface area contributed by atoms with Crippen molar-refractivity contribution in [2.24, 2.45) is 4.99 Å². The first kappa shape index (κ1) is 13.2. The second-order valence-electron chi connectivity index (χ2n) is 4.50. The molecular formula is C14H14N2O3S. The monoisotopic (exact) mass is 290 g/mol. The van der Waals surface area contributed by atoms with Crippen LogP contribution in [0.2, 0.25) is 0 Å². The molecule has 0 bridgehead atoms. The highest BCUT2D eigenvalue weighted by Gasteiger charge is 2.26. The molecule has 1 amide bonds. The number of morpholine rings is 1. The van der Waals surface area contributed by atoms with Gasteiger partial charge in [-0.25, -0.2) is 0 Å². The molecule has 2 heterocycles. The van der Waals surface area contributed by atoms with Crippen molar-refractivity contribution in [1.29, 1.82) is 0 Å². The second-order valence-corrected chi connectivity index (χ2v) is 5.51. The van der Waals surface area contributed by atoms with E-state index in [-0.39, 0.29) is 11.7 Å². The fraction of sp³-hybridized carbons (Fsp3) is 0.286. The number of hydrogen-bond acceptors (Lipinski definition) is 5. The Kier molecular flexibility index (Phi) is 3.75. The maximum Gasteiger partial charge on any atom is 0.286 e. The predicted molar refractivity (Wildman–Crippen MR) is 78.5 cm³/mol. The van der Waals surface area contributed by atoms with Gasteiger partial charge in [0, 0.05) is 13.1 Å². The van der Waals surface area contributed by atoms with Crippen molar-refractivity contribution in [3.63, 3.8) is 0 Å². The van der Waals surface area contributed by atoms with Crippen LogP contribution in [0.3, 0.4) is 0 Å². The number of phenols is 1. The van der Waals surface area contributed by atoms with Gasteiger partial charge < -0.3 is 14.7 Å². The van der Waals surface area contributed by atoms with E-state index >= 15 is 0 Å². The molecule has 2 aliphatic heterocycles. The van der Waals surface area contributed by atoms with Gasteiger partial charge >= 0.3 is 0 Å². The molecule has 0 saturated carbocycles. The minimum Gasteiger partial charge on any atom is -0.508 e. The molecule has 0 radical (unpaired) electrons. The first-order valence-corrected chi connectivity index (χ1v) is 7.18. The van der Waals surface area contributed by atoms with E-state index in [0.717, 1.165) is 23.8 Å². The quantitative estimate of drug-likeness (QED) is 0.798. The van der Waals surface area contributed by atoms with Gasteiger partial charge in [-0.15, -0.1) is 0 Å². The zero-order valence-electron chi connectivity index (χ0n) is 10.8. The molecule has 0 unspecified atom stereocenters. The lowest BCUT2D eigenvalue weighted by atomic mass is 10.2. The Hall–Kier alpha value is -1.79. The number of rotatable bonds is 1. The Morgan fingerprint density at radius 3 is 2.65 bits per heavy atom. The summed E-state index contributed by atoms with van der Waals surface area (Å²) in [5, 5.41) is 10.0. The van der Waals surface area contributed by atoms with Crippen LogP contribution in [0, 0.1) is 0 Å². The number of aliphatic imine (C=N–C) groups is 1. The Balaban J connectivity index is 1.74. The average Bonchev–Trinajstić information content (AvgIpc) is 2.84. The van der Waals surface area contributed by atoms with Gasteiger partial charge in [0.25, 0.3) is 5.91 Å². The number of nitrogens with zero attached hydrogens (tertiary/aromatic N) is 2. The van der Waals surface area contributed by atoms with Crippen LogP contribution in [-0.2, 0) is 9.53 Å². The van der Waals surface area contributed by atoms with Crippen molar-refractivity contribution in [1.82, 2.24) is 4.90 Å². The maximum absolute atomic E-state index is 11.9. The fourth-order valence-electron chi connectivity index (χ4n) is 2.01. The summed E-state index contributed by atoms with van der Waals surface area (Å²) < 4.78 is 5.29. The Morgan fingerprint density at radius 1 is 1.25 bits per heavy atom. The van der Waals surface area contributed by atoms with Crippen molar-refractivity contribution in [3.05, 3.63) is 34.7 Å². The van der Waals surface area contributed by atoms with E-state index in [1.165, 1.54) is 11.8 Å². The Labute approximate surface area is 120 Å². The molecule has 5 nitrogen and oxygen atoms in total. The van der Waals surface area contributed by atoms with E-state index in [1.54, 1.807) is 30.3 Å². The number of amidine groups is 1. The predicted octanol–water partition coefficient (Wildman–Crippen LogP) is 1.69. The van der Waals surface area contributed by atoms with E-state index in [2.05, 4.69) is 9.89 Å². The maximum atomic E-state index is 11.9. The third-order valence-electron chi connectivity index (χ3n) is 3.08. The van der Waals surface area contributed by atoms with E-state index in [0.29, 0.717) is 18.1 Å². The summed E-state index contributed by atoms with van der Waals surface area (Å²) >= 11 is 1.39. The molecule has 3 rings (SSSR count). The summed E-state index contributed by atoms with van der Waals surface area (Å²) in [5.41, 5.74) is 0.872. The smallest absolute Gasteiger partial charge is 0.286 e. The molecular weight excluding hydrogens is 276 g/mol. The molecule has 1 aromatic rings. The normalized spacial score (nSPS) is 21.4. The van der Waals surface area contributed by atoms with Gasteiger partial charge in [0.1, 0.15) is 5.75 Å². The summed E-state index contributed by atoms with van der Waals surface area (Å²) in [4.78, 5) is 18.7. The summed E-state index contributed by atoms with van der Waals surface area (Å²) in [6.07, 6.45) is 1.80. The lowest BCUT2D eigenvalue weighted by Gasteiger charge is -2.27. The van der Waals surface area contributed by atoms with Crippen LogP contribution in [0.15, 0.2) is 34.2 Å². The fourth-order valence-corrected chi connectivity index (χ4v) is 2.97. The molecule has 104 valence electrons. The number of aromatic hydroxyl groups is 1. The highest BCUT2D eigenvalue weighted by molar-refractivity contribution is 8.18. The minimum absolute atomic E-state index is 0.204. The standard InChI is InChI=1S/C14H14N2O3S/c17-11-3-1-10(2-4-11)9-12-13(18)15-14(20-12)16-5-7-19-8-6-16/h1-4,9,17H,5-8H2. The van der Waals surface area contributed by atoms with Crippen LogP contribution in [0.1, 0.15) is 5.56 Å². The van der Waals surface area contributed by atoms with Crippen LogP contribution in [-0.4, -0.2) is 47.4 Å². The van der Waals surface area contributed by atoms with Crippen LogP contribution in [0.5, 0.6) is 5.75 Å². The lowest BCUT2D eigenvalue weighted by molar-refractivity contribution is -0.113. The van der Waals surface area contributed by atoms with Crippen molar-refractivity contribution in [2.45, 2.75) is 0 Å². The van der Waals surface area contributed by atoms with Crippen LogP contribution >= 0.6 is 11.8 Å².